The molecule has 1 aromatic carbocycles. The monoisotopic (exact) mass is 162 g/mol. The number of methoxy groups -OCH3 is 1. The molecule has 0 unspecified atom stereocenters. The molecule has 1 nitrogen and oxygen atoms in total. The van der Waals surface area contributed by atoms with Gasteiger partial charge in [0, 0.05) is 6.07 Å². The van der Waals surface area contributed by atoms with Gasteiger partial charge >= 0.3 is 0 Å². The molecule has 0 heterocycles. The molecule has 0 atom stereocenters. The number of hydrogen-bond donors (Lipinski definition) is 0. The summed E-state index contributed by atoms with van der Waals surface area (Å²) in [5, 5.41) is 0. The fourth-order valence-electron chi connectivity index (χ4n) is 0.594. The third-order valence-electron chi connectivity index (χ3n) is 1.03. The number of halogens is 2. The first-order valence-electron chi connectivity index (χ1n) is 2.62. The topological polar surface area (TPSA) is 9.23 Å². The first-order valence-corrected chi connectivity index (χ1v) is 2.62. The SMILES string of the molecule is COc1cccc(F)c1.Cl. The Morgan fingerprint density at radius 3 is 2.50 bits per heavy atom. The highest BCUT2D eigenvalue weighted by Gasteiger charge is 1.90. The van der Waals surface area contributed by atoms with Crippen LogP contribution < -0.4 is 4.74 Å². The van der Waals surface area contributed by atoms with Gasteiger partial charge in [-0.2, -0.15) is 0 Å². The summed E-state index contributed by atoms with van der Waals surface area (Å²) >= 11 is 0. The molecular weight excluding hydrogens is 155 g/mol. The third kappa shape index (κ3) is 2.23. The maximum Gasteiger partial charge on any atom is 0.126 e. The van der Waals surface area contributed by atoms with Crippen LogP contribution in [-0.2, 0) is 0 Å². The average Bonchev–Trinajstić information content (AvgIpc) is 1.88. The predicted octanol–water partition coefficient (Wildman–Crippen LogP) is 2.26. The molecule has 0 bridgehead atoms. The van der Waals surface area contributed by atoms with Gasteiger partial charge in [-0.15, -0.1) is 12.4 Å². The minimum absolute atomic E-state index is 0. The van der Waals surface area contributed by atoms with Crippen molar-refractivity contribution in [1.82, 2.24) is 0 Å². The highest BCUT2D eigenvalue weighted by molar-refractivity contribution is 5.85. The number of hydrogen-bond acceptors (Lipinski definition) is 1. The van der Waals surface area contributed by atoms with Crippen LogP contribution in [0.1, 0.15) is 0 Å². The van der Waals surface area contributed by atoms with Crippen LogP contribution in [0.15, 0.2) is 24.3 Å². The zero-order valence-corrected chi connectivity index (χ0v) is 6.32. The smallest absolute Gasteiger partial charge is 0.126 e. The van der Waals surface area contributed by atoms with Crippen molar-refractivity contribution >= 4 is 12.4 Å². The van der Waals surface area contributed by atoms with Crippen LogP contribution >= 0.6 is 12.4 Å². The molecule has 0 aromatic heterocycles. The van der Waals surface area contributed by atoms with Crippen molar-refractivity contribution in [2.45, 2.75) is 0 Å². The van der Waals surface area contributed by atoms with E-state index in [1.807, 2.05) is 0 Å². The van der Waals surface area contributed by atoms with Crippen LogP contribution in [0.4, 0.5) is 4.39 Å². The Kier molecular flexibility index (Phi) is 3.81. The van der Waals surface area contributed by atoms with Crippen LogP contribution in [0, 0.1) is 5.82 Å². The molecule has 0 N–H and O–H groups in total. The summed E-state index contributed by atoms with van der Waals surface area (Å²) in [6, 6.07) is 6.01. The minimum atomic E-state index is -0.269. The van der Waals surface area contributed by atoms with Gasteiger partial charge in [0.05, 0.1) is 7.11 Å². The van der Waals surface area contributed by atoms with E-state index in [2.05, 4.69) is 0 Å². The van der Waals surface area contributed by atoms with E-state index >= 15 is 0 Å². The van der Waals surface area contributed by atoms with Crippen LogP contribution in [0.25, 0.3) is 0 Å². The largest absolute Gasteiger partial charge is 0.497 e. The van der Waals surface area contributed by atoms with Gasteiger partial charge in [0.15, 0.2) is 0 Å². The molecular formula is C7H8ClFO. The molecule has 0 aliphatic rings. The Hall–Kier alpha value is -0.760. The van der Waals surface area contributed by atoms with Crippen LogP contribution in [0.5, 0.6) is 5.75 Å². The van der Waals surface area contributed by atoms with E-state index in [1.165, 1.54) is 19.2 Å². The summed E-state index contributed by atoms with van der Waals surface area (Å²) in [6.07, 6.45) is 0. The van der Waals surface area contributed by atoms with E-state index < -0.39 is 0 Å². The van der Waals surface area contributed by atoms with E-state index in [0.29, 0.717) is 5.75 Å². The zero-order chi connectivity index (χ0) is 6.69. The molecule has 56 valence electrons. The molecule has 0 radical (unpaired) electrons. The van der Waals surface area contributed by atoms with Crippen molar-refractivity contribution in [3.8, 4) is 5.75 Å². The van der Waals surface area contributed by atoms with Crippen molar-refractivity contribution < 1.29 is 9.13 Å². The highest BCUT2D eigenvalue weighted by atomic mass is 35.5. The molecule has 3 heteroatoms. The summed E-state index contributed by atoms with van der Waals surface area (Å²) in [5.74, 6) is 0.282. The minimum Gasteiger partial charge on any atom is -0.497 e. The standard InChI is InChI=1S/C7H7FO.ClH/c1-9-7-4-2-3-6(8)5-7;/h2-5H,1H3;1H. The quantitative estimate of drug-likeness (QED) is 0.616. The first-order chi connectivity index (χ1) is 4.33. The zero-order valence-electron chi connectivity index (χ0n) is 5.50. The van der Waals surface area contributed by atoms with E-state index in [4.69, 9.17) is 4.74 Å². The molecule has 0 fully saturated rings. The summed E-state index contributed by atoms with van der Waals surface area (Å²) in [4.78, 5) is 0. The Bertz CT molecular complexity index is 203. The lowest BCUT2D eigenvalue weighted by Crippen LogP contribution is -1.81. The molecule has 0 aliphatic heterocycles. The Morgan fingerprint density at radius 1 is 1.40 bits per heavy atom. The van der Waals surface area contributed by atoms with Gasteiger partial charge in [-0.3, -0.25) is 0 Å². The number of benzene rings is 1. The molecule has 10 heavy (non-hydrogen) atoms. The highest BCUT2D eigenvalue weighted by Crippen LogP contribution is 2.09. The molecule has 0 spiro atoms. The molecule has 0 aliphatic carbocycles. The molecule has 1 rings (SSSR count). The maximum absolute atomic E-state index is 12.3. The second-order valence-corrected chi connectivity index (χ2v) is 1.66. The lowest BCUT2D eigenvalue weighted by atomic mass is 10.3. The first kappa shape index (κ1) is 9.24. The van der Waals surface area contributed by atoms with Crippen molar-refractivity contribution in [2.75, 3.05) is 7.11 Å². The van der Waals surface area contributed by atoms with Crippen molar-refractivity contribution in [1.29, 1.82) is 0 Å². The van der Waals surface area contributed by atoms with E-state index in [-0.39, 0.29) is 18.2 Å². The summed E-state index contributed by atoms with van der Waals surface area (Å²) < 4.78 is 17.0. The third-order valence-corrected chi connectivity index (χ3v) is 1.03. The Morgan fingerprint density at radius 2 is 2.10 bits per heavy atom. The van der Waals surface area contributed by atoms with Gasteiger partial charge in [-0.05, 0) is 12.1 Å². The second-order valence-electron chi connectivity index (χ2n) is 1.66. The Labute approximate surface area is 65.2 Å². The van der Waals surface area contributed by atoms with Gasteiger partial charge in [-0.1, -0.05) is 6.07 Å². The lowest BCUT2D eigenvalue weighted by molar-refractivity contribution is 0.411. The van der Waals surface area contributed by atoms with Gasteiger partial charge in [0.1, 0.15) is 11.6 Å². The fourth-order valence-corrected chi connectivity index (χ4v) is 0.594. The van der Waals surface area contributed by atoms with Gasteiger partial charge in [0.2, 0.25) is 0 Å². The van der Waals surface area contributed by atoms with Crippen LogP contribution in [0.3, 0.4) is 0 Å². The van der Waals surface area contributed by atoms with Gasteiger partial charge < -0.3 is 4.74 Å². The molecule has 0 saturated heterocycles. The van der Waals surface area contributed by atoms with Crippen LogP contribution in [-0.4, -0.2) is 7.11 Å². The van der Waals surface area contributed by atoms with Gasteiger partial charge in [0.25, 0.3) is 0 Å². The predicted molar refractivity (Wildman–Crippen MR) is 40.2 cm³/mol. The van der Waals surface area contributed by atoms with Crippen LogP contribution in [0.2, 0.25) is 0 Å². The normalized spacial score (nSPS) is 8.20. The Balaban J connectivity index is 0.000000810. The van der Waals surface area contributed by atoms with Gasteiger partial charge in [-0.25, -0.2) is 4.39 Å². The lowest BCUT2D eigenvalue weighted by Gasteiger charge is -1.95. The van der Waals surface area contributed by atoms with E-state index in [1.54, 1.807) is 12.1 Å². The van der Waals surface area contributed by atoms with E-state index in [0.717, 1.165) is 0 Å². The summed E-state index contributed by atoms with van der Waals surface area (Å²) in [6.45, 7) is 0. The fraction of sp³-hybridized carbons (Fsp3) is 0.143. The molecule has 0 amide bonds. The summed E-state index contributed by atoms with van der Waals surface area (Å²) in [7, 11) is 1.51. The average molecular weight is 163 g/mol. The number of rotatable bonds is 1. The van der Waals surface area contributed by atoms with E-state index in [9.17, 15) is 4.39 Å². The maximum atomic E-state index is 12.3. The molecule has 1 aromatic rings. The second kappa shape index (κ2) is 4.12. The van der Waals surface area contributed by atoms with Crippen molar-refractivity contribution in [3.05, 3.63) is 30.1 Å². The van der Waals surface area contributed by atoms with Crippen molar-refractivity contribution in [2.24, 2.45) is 0 Å². The molecule has 0 saturated carbocycles. The number of ether oxygens (including phenoxy) is 1. The summed E-state index contributed by atoms with van der Waals surface area (Å²) in [5.41, 5.74) is 0. The van der Waals surface area contributed by atoms with Crippen molar-refractivity contribution in [3.63, 3.8) is 0 Å².